The summed E-state index contributed by atoms with van der Waals surface area (Å²) in [5.74, 6) is 1.47. The zero-order chi connectivity index (χ0) is 14.0. The van der Waals surface area contributed by atoms with Crippen LogP contribution in [0.15, 0.2) is 24.3 Å². The Morgan fingerprint density at radius 3 is 2.17 bits per heavy atom. The van der Waals surface area contributed by atoms with Crippen molar-refractivity contribution in [3.63, 3.8) is 0 Å². The minimum absolute atomic E-state index is 0.697. The Labute approximate surface area is 109 Å². The molecule has 0 aliphatic rings. The third-order valence-corrected chi connectivity index (χ3v) is 1.97. The minimum atomic E-state index is 0.697. The van der Waals surface area contributed by atoms with Gasteiger partial charge in [0.2, 0.25) is 0 Å². The molecule has 0 radical (unpaired) electrons. The number of tetrazole rings is 1. The third-order valence-electron chi connectivity index (χ3n) is 1.97. The van der Waals surface area contributed by atoms with Gasteiger partial charge in [-0.25, -0.2) is 4.68 Å². The molecule has 0 bridgehead atoms. The zero-order valence-corrected chi connectivity index (χ0v) is 12.0. The lowest BCUT2D eigenvalue weighted by Gasteiger charge is -2.05. The van der Waals surface area contributed by atoms with E-state index in [4.69, 9.17) is 4.74 Å². The molecule has 2 rings (SSSR count). The van der Waals surface area contributed by atoms with Gasteiger partial charge in [-0.3, -0.25) is 0 Å². The van der Waals surface area contributed by atoms with Gasteiger partial charge in [-0.2, -0.15) is 0 Å². The second-order valence-electron chi connectivity index (χ2n) is 2.83. The van der Waals surface area contributed by atoms with Crippen LogP contribution in [0.4, 0.5) is 0 Å². The van der Waals surface area contributed by atoms with E-state index in [1.807, 2.05) is 52.0 Å². The number of hydrogen-bond donors (Lipinski definition) is 0. The van der Waals surface area contributed by atoms with Gasteiger partial charge >= 0.3 is 0 Å². The van der Waals surface area contributed by atoms with Gasteiger partial charge in [-0.15, -0.1) is 5.10 Å². The quantitative estimate of drug-likeness (QED) is 0.822. The van der Waals surface area contributed by atoms with E-state index in [9.17, 15) is 0 Å². The Hall–Kier alpha value is -1.91. The highest BCUT2D eigenvalue weighted by molar-refractivity contribution is 5.63. The molecule has 0 amide bonds. The van der Waals surface area contributed by atoms with Crippen molar-refractivity contribution < 1.29 is 4.74 Å². The summed E-state index contributed by atoms with van der Waals surface area (Å²) in [5.41, 5.74) is 0.891. The van der Waals surface area contributed by atoms with Gasteiger partial charge in [-0.1, -0.05) is 39.8 Å². The lowest BCUT2D eigenvalue weighted by atomic mass is 10.2. The molecule has 2 aromatic rings. The zero-order valence-electron chi connectivity index (χ0n) is 12.0. The lowest BCUT2D eigenvalue weighted by Crippen LogP contribution is -1.96. The number of aryl methyl sites for hydroxylation is 1. The molecular weight excluding hydrogens is 228 g/mol. The number of hydrogen-bond acceptors (Lipinski definition) is 4. The number of nitrogens with zero attached hydrogens (tertiary/aromatic N) is 4. The van der Waals surface area contributed by atoms with E-state index >= 15 is 0 Å². The van der Waals surface area contributed by atoms with E-state index in [2.05, 4.69) is 15.5 Å². The lowest BCUT2D eigenvalue weighted by molar-refractivity contribution is 0.416. The minimum Gasteiger partial charge on any atom is -0.496 e. The maximum Gasteiger partial charge on any atom is 0.185 e. The summed E-state index contributed by atoms with van der Waals surface area (Å²) in [6.45, 7) is 8.00. The first-order valence-corrected chi connectivity index (χ1v) is 6.18. The standard InChI is InChI=1S/C9H10N4O.2C2H6/c1-13-9(10-11-12-13)7-5-3-4-6-8(7)14-2;2*1-2/h3-6H,1-2H3;2*1-2H3. The Kier molecular flexibility index (Phi) is 8.18. The van der Waals surface area contributed by atoms with Crippen molar-refractivity contribution >= 4 is 0 Å². The van der Waals surface area contributed by atoms with Gasteiger partial charge in [0.1, 0.15) is 5.75 Å². The van der Waals surface area contributed by atoms with E-state index in [0.717, 1.165) is 11.3 Å². The maximum atomic E-state index is 5.22. The highest BCUT2D eigenvalue weighted by Gasteiger charge is 2.10. The smallest absolute Gasteiger partial charge is 0.185 e. The number of para-hydroxylation sites is 1. The topological polar surface area (TPSA) is 52.8 Å². The van der Waals surface area contributed by atoms with E-state index in [1.54, 1.807) is 18.8 Å². The Balaban J connectivity index is 0.000000659. The Morgan fingerprint density at radius 1 is 1.06 bits per heavy atom. The second kappa shape index (κ2) is 9.15. The molecule has 0 atom stereocenters. The van der Waals surface area contributed by atoms with Gasteiger partial charge in [0.15, 0.2) is 5.82 Å². The average Bonchev–Trinajstić information content (AvgIpc) is 2.89. The van der Waals surface area contributed by atoms with Crippen molar-refractivity contribution in [3.05, 3.63) is 24.3 Å². The summed E-state index contributed by atoms with van der Waals surface area (Å²) in [5, 5.41) is 11.3. The Bertz CT molecular complexity index is 440. The number of benzene rings is 1. The van der Waals surface area contributed by atoms with Crippen LogP contribution in [0.25, 0.3) is 11.4 Å². The fourth-order valence-corrected chi connectivity index (χ4v) is 1.29. The van der Waals surface area contributed by atoms with Crippen LogP contribution in [0.2, 0.25) is 0 Å². The number of aromatic nitrogens is 4. The van der Waals surface area contributed by atoms with Crippen LogP contribution in [0.1, 0.15) is 27.7 Å². The molecule has 1 heterocycles. The predicted molar refractivity (Wildman–Crippen MR) is 73.5 cm³/mol. The van der Waals surface area contributed by atoms with E-state index in [-0.39, 0.29) is 0 Å². The van der Waals surface area contributed by atoms with Crippen LogP contribution < -0.4 is 4.74 Å². The van der Waals surface area contributed by atoms with Gasteiger partial charge in [-0.05, 0) is 22.6 Å². The SMILES string of the molecule is CC.CC.COc1ccccc1-c1nnnn1C. The highest BCUT2D eigenvalue weighted by atomic mass is 16.5. The first kappa shape index (κ1) is 16.1. The van der Waals surface area contributed by atoms with Crippen molar-refractivity contribution in [1.82, 2.24) is 20.2 Å². The maximum absolute atomic E-state index is 5.22. The molecule has 1 aromatic heterocycles. The molecule has 0 spiro atoms. The highest BCUT2D eigenvalue weighted by Crippen LogP contribution is 2.26. The molecule has 0 N–H and O–H groups in total. The molecule has 0 saturated heterocycles. The molecule has 5 heteroatoms. The predicted octanol–water partition coefficient (Wildman–Crippen LogP) is 2.94. The summed E-state index contributed by atoms with van der Waals surface area (Å²) in [4.78, 5) is 0. The van der Waals surface area contributed by atoms with Gasteiger partial charge in [0, 0.05) is 7.05 Å². The largest absolute Gasteiger partial charge is 0.496 e. The molecule has 1 aromatic carbocycles. The van der Waals surface area contributed by atoms with Gasteiger partial charge < -0.3 is 4.74 Å². The molecule has 0 aliphatic heterocycles. The van der Waals surface area contributed by atoms with Crippen molar-refractivity contribution in [3.8, 4) is 17.1 Å². The van der Waals surface area contributed by atoms with Crippen LogP contribution in [-0.2, 0) is 7.05 Å². The first-order chi connectivity index (χ1) is 8.83. The van der Waals surface area contributed by atoms with Crippen LogP contribution in [0.3, 0.4) is 0 Å². The van der Waals surface area contributed by atoms with E-state index in [1.165, 1.54) is 0 Å². The summed E-state index contributed by atoms with van der Waals surface area (Å²) >= 11 is 0. The van der Waals surface area contributed by atoms with E-state index in [0.29, 0.717) is 5.82 Å². The molecule has 5 nitrogen and oxygen atoms in total. The van der Waals surface area contributed by atoms with Crippen molar-refractivity contribution in [1.29, 1.82) is 0 Å². The molecule has 0 saturated carbocycles. The summed E-state index contributed by atoms with van der Waals surface area (Å²) in [6, 6.07) is 7.63. The number of ether oxygens (including phenoxy) is 1. The fourth-order valence-electron chi connectivity index (χ4n) is 1.29. The second-order valence-corrected chi connectivity index (χ2v) is 2.83. The molecule has 0 aliphatic carbocycles. The van der Waals surface area contributed by atoms with E-state index < -0.39 is 0 Å². The number of rotatable bonds is 2. The summed E-state index contributed by atoms with van der Waals surface area (Å²) < 4.78 is 6.82. The molecule has 0 unspecified atom stereocenters. The molecule has 18 heavy (non-hydrogen) atoms. The molecule has 0 fully saturated rings. The normalized spacial score (nSPS) is 8.56. The van der Waals surface area contributed by atoms with Gasteiger partial charge in [0.05, 0.1) is 12.7 Å². The van der Waals surface area contributed by atoms with Gasteiger partial charge in [0.25, 0.3) is 0 Å². The van der Waals surface area contributed by atoms with Crippen molar-refractivity contribution in [2.75, 3.05) is 7.11 Å². The monoisotopic (exact) mass is 250 g/mol. The van der Waals surface area contributed by atoms with Crippen molar-refractivity contribution in [2.45, 2.75) is 27.7 Å². The van der Waals surface area contributed by atoms with Crippen LogP contribution >= 0.6 is 0 Å². The van der Waals surface area contributed by atoms with Crippen molar-refractivity contribution in [2.24, 2.45) is 7.05 Å². The number of methoxy groups -OCH3 is 1. The van der Waals surface area contributed by atoms with Crippen LogP contribution in [0, 0.1) is 0 Å². The summed E-state index contributed by atoms with van der Waals surface area (Å²) in [6.07, 6.45) is 0. The molecule has 100 valence electrons. The average molecular weight is 250 g/mol. The third kappa shape index (κ3) is 3.84. The van der Waals surface area contributed by atoms with Crippen LogP contribution in [0.5, 0.6) is 5.75 Å². The van der Waals surface area contributed by atoms with Crippen LogP contribution in [-0.4, -0.2) is 27.3 Å². The fraction of sp³-hybridized carbons (Fsp3) is 0.462. The molecular formula is C13H22N4O. The summed E-state index contributed by atoms with van der Waals surface area (Å²) in [7, 11) is 3.42. The Morgan fingerprint density at radius 2 is 1.67 bits per heavy atom. The first-order valence-electron chi connectivity index (χ1n) is 6.18.